The first-order valence-corrected chi connectivity index (χ1v) is 4.99. The van der Waals surface area contributed by atoms with E-state index in [0.29, 0.717) is 6.04 Å². The summed E-state index contributed by atoms with van der Waals surface area (Å²) in [5, 5.41) is 13.9. The number of nitrogens with one attached hydrogen (secondary N) is 1. The lowest BCUT2D eigenvalue weighted by molar-refractivity contribution is -0.384. The van der Waals surface area contributed by atoms with Crippen molar-refractivity contribution < 1.29 is 4.92 Å². The van der Waals surface area contributed by atoms with Gasteiger partial charge in [-0.05, 0) is 17.7 Å². The highest BCUT2D eigenvalue weighted by atomic mass is 16.6. The molecule has 2 aliphatic rings. The highest BCUT2D eigenvalue weighted by Crippen LogP contribution is 2.35. The van der Waals surface area contributed by atoms with E-state index < -0.39 is 0 Å². The summed E-state index contributed by atoms with van der Waals surface area (Å²) in [6.45, 7) is 2.18. The maximum atomic E-state index is 10.5. The summed E-state index contributed by atoms with van der Waals surface area (Å²) in [6.07, 6.45) is 0.260. The molecule has 15 heavy (non-hydrogen) atoms. The lowest BCUT2D eigenvalue weighted by Crippen LogP contribution is -2.21. The molecular formula is C10H11N3O2. The minimum absolute atomic E-state index is 0.152. The normalized spacial score (nSPS) is 32.4. The van der Waals surface area contributed by atoms with E-state index in [9.17, 15) is 10.1 Å². The molecule has 0 aromatic heterocycles. The van der Waals surface area contributed by atoms with Crippen molar-refractivity contribution in [3.8, 4) is 0 Å². The topological polar surface area (TPSA) is 58.2 Å². The van der Waals surface area contributed by atoms with Crippen LogP contribution in [0.5, 0.6) is 0 Å². The number of benzene rings is 1. The summed E-state index contributed by atoms with van der Waals surface area (Å²) in [6, 6.07) is 7.47. The van der Waals surface area contributed by atoms with E-state index >= 15 is 0 Å². The molecule has 5 nitrogen and oxygen atoms in total. The second-order valence-electron chi connectivity index (χ2n) is 4.01. The van der Waals surface area contributed by atoms with E-state index in [1.807, 2.05) is 12.1 Å². The van der Waals surface area contributed by atoms with Crippen LogP contribution in [0.25, 0.3) is 0 Å². The van der Waals surface area contributed by atoms with Crippen LogP contribution >= 0.6 is 0 Å². The van der Waals surface area contributed by atoms with Crippen molar-refractivity contribution in [3.05, 3.63) is 39.9 Å². The molecule has 78 valence electrons. The Morgan fingerprint density at radius 2 is 2.13 bits per heavy atom. The average Bonchev–Trinajstić information content (AvgIpc) is 2.91. The van der Waals surface area contributed by atoms with E-state index in [1.54, 1.807) is 12.1 Å². The SMILES string of the molecule is O=[N+]([O-])c1ccc(C2NCC3CN32)cc1. The van der Waals surface area contributed by atoms with Crippen LogP contribution in [0.1, 0.15) is 11.7 Å². The Morgan fingerprint density at radius 1 is 1.40 bits per heavy atom. The van der Waals surface area contributed by atoms with Gasteiger partial charge in [-0.25, -0.2) is 0 Å². The van der Waals surface area contributed by atoms with Crippen LogP contribution in [-0.4, -0.2) is 29.0 Å². The Bertz CT molecular complexity index is 404. The highest BCUT2D eigenvalue weighted by molar-refractivity contribution is 5.35. The van der Waals surface area contributed by atoms with E-state index in [0.717, 1.165) is 18.7 Å². The Labute approximate surface area is 86.8 Å². The molecule has 2 aliphatic heterocycles. The highest BCUT2D eigenvalue weighted by Gasteiger charge is 2.45. The van der Waals surface area contributed by atoms with Gasteiger partial charge >= 0.3 is 0 Å². The molecule has 0 saturated carbocycles. The fraction of sp³-hybridized carbons (Fsp3) is 0.400. The molecule has 5 heteroatoms. The predicted molar refractivity (Wildman–Crippen MR) is 54.3 cm³/mol. The zero-order chi connectivity index (χ0) is 10.4. The first kappa shape index (κ1) is 8.82. The third-order valence-electron chi connectivity index (χ3n) is 3.06. The molecule has 3 atom stereocenters. The van der Waals surface area contributed by atoms with Gasteiger partial charge in [-0.15, -0.1) is 0 Å². The van der Waals surface area contributed by atoms with Gasteiger partial charge in [-0.3, -0.25) is 20.3 Å². The average molecular weight is 205 g/mol. The number of rotatable bonds is 2. The summed E-state index contributed by atoms with van der Waals surface area (Å²) in [4.78, 5) is 12.5. The van der Waals surface area contributed by atoms with Crippen molar-refractivity contribution in [2.24, 2.45) is 0 Å². The first-order chi connectivity index (χ1) is 7.25. The number of non-ortho nitro benzene ring substituents is 1. The Kier molecular flexibility index (Phi) is 1.77. The van der Waals surface area contributed by atoms with Crippen LogP contribution in [0.15, 0.2) is 24.3 Å². The molecule has 0 spiro atoms. The van der Waals surface area contributed by atoms with Gasteiger partial charge in [0, 0.05) is 31.3 Å². The van der Waals surface area contributed by atoms with Gasteiger partial charge in [-0.1, -0.05) is 0 Å². The third kappa shape index (κ3) is 1.40. The van der Waals surface area contributed by atoms with Crippen molar-refractivity contribution in [3.63, 3.8) is 0 Å². The Hall–Kier alpha value is -1.46. The molecule has 3 unspecified atom stereocenters. The molecule has 3 rings (SSSR count). The van der Waals surface area contributed by atoms with Gasteiger partial charge < -0.3 is 0 Å². The smallest absolute Gasteiger partial charge is 0.269 e. The zero-order valence-corrected chi connectivity index (χ0v) is 8.09. The molecule has 0 amide bonds. The number of nitro groups is 1. The molecule has 0 bridgehead atoms. The lowest BCUT2D eigenvalue weighted by Gasteiger charge is -2.14. The van der Waals surface area contributed by atoms with Crippen LogP contribution in [0.2, 0.25) is 0 Å². The summed E-state index contributed by atoms with van der Waals surface area (Å²) < 4.78 is 0. The van der Waals surface area contributed by atoms with E-state index in [1.165, 1.54) is 0 Å². The van der Waals surface area contributed by atoms with Crippen LogP contribution in [0.3, 0.4) is 0 Å². The fourth-order valence-electron chi connectivity index (χ4n) is 2.15. The quantitative estimate of drug-likeness (QED) is 0.442. The van der Waals surface area contributed by atoms with Crippen LogP contribution in [0.4, 0.5) is 5.69 Å². The summed E-state index contributed by atoms with van der Waals surface area (Å²) in [7, 11) is 0. The van der Waals surface area contributed by atoms with Crippen LogP contribution < -0.4 is 5.32 Å². The summed E-state index contributed by atoms with van der Waals surface area (Å²) in [5.74, 6) is 0. The third-order valence-corrected chi connectivity index (χ3v) is 3.06. The molecule has 2 fully saturated rings. The van der Waals surface area contributed by atoms with E-state index in [4.69, 9.17) is 0 Å². The van der Waals surface area contributed by atoms with Gasteiger partial charge in [0.2, 0.25) is 0 Å². The van der Waals surface area contributed by atoms with Crippen molar-refractivity contribution in [2.45, 2.75) is 12.2 Å². The van der Waals surface area contributed by atoms with Crippen molar-refractivity contribution >= 4 is 5.69 Å². The molecule has 1 aromatic rings. The molecular weight excluding hydrogens is 194 g/mol. The monoisotopic (exact) mass is 205 g/mol. The van der Waals surface area contributed by atoms with Gasteiger partial charge in [0.05, 0.1) is 11.1 Å². The van der Waals surface area contributed by atoms with E-state index in [-0.39, 0.29) is 16.8 Å². The maximum Gasteiger partial charge on any atom is 0.269 e. The lowest BCUT2D eigenvalue weighted by atomic mass is 10.1. The van der Waals surface area contributed by atoms with Gasteiger partial charge in [0.15, 0.2) is 0 Å². The van der Waals surface area contributed by atoms with Gasteiger partial charge in [-0.2, -0.15) is 0 Å². The van der Waals surface area contributed by atoms with Crippen molar-refractivity contribution in [2.75, 3.05) is 13.1 Å². The standard InChI is InChI=1S/C10H11N3O2/c14-13(15)8-3-1-7(2-4-8)10-11-5-9-6-12(9)10/h1-4,9-11H,5-6H2. The summed E-state index contributed by atoms with van der Waals surface area (Å²) in [5.41, 5.74) is 1.26. The number of hydrogen-bond acceptors (Lipinski definition) is 4. The van der Waals surface area contributed by atoms with Crippen LogP contribution in [0, 0.1) is 10.1 Å². The minimum Gasteiger partial charge on any atom is -0.296 e. The predicted octanol–water partition coefficient (Wildman–Crippen LogP) is 0.881. The number of nitrogens with zero attached hydrogens (tertiary/aromatic N) is 2. The zero-order valence-electron chi connectivity index (χ0n) is 8.09. The Morgan fingerprint density at radius 3 is 2.60 bits per heavy atom. The Balaban J connectivity index is 1.84. The fourth-order valence-corrected chi connectivity index (χ4v) is 2.15. The number of hydrogen-bond donors (Lipinski definition) is 1. The molecule has 2 heterocycles. The molecule has 1 N–H and O–H groups in total. The van der Waals surface area contributed by atoms with Gasteiger partial charge in [0.1, 0.15) is 0 Å². The number of fused-ring (bicyclic) bond motifs is 1. The number of nitro benzene ring substituents is 1. The maximum absolute atomic E-state index is 10.5. The molecule has 1 aromatic carbocycles. The van der Waals surface area contributed by atoms with Crippen molar-refractivity contribution in [1.82, 2.24) is 10.2 Å². The second-order valence-corrected chi connectivity index (χ2v) is 4.01. The summed E-state index contributed by atoms with van der Waals surface area (Å²) >= 11 is 0. The van der Waals surface area contributed by atoms with E-state index in [2.05, 4.69) is 10.2 Å². The second kappa shape index (κ2) is 3.01. The van der Waals surface area contributed by atoms with Crippen LogP contribution in [-0.2, 0) is 0 Å². The largest absolute Gasteiger partial charge is 0.296 e. The molecule has 2 saturated heterocycles. The molecule has 0 radical (unpaired) electrons. The molecule has 0 aliphatic carbocycles. The van der Waals surface area contributed by atoms with Gasteiger partial charge in [0.25, 0.3) is 5.69 Å². The van der Waals surface area contributed by atoms with Crippen molar-refractivity contribution in [1.29, 1.82) is 0 Å². The first-order valence-electron chi connectivity index (χ1n) is 4.99. The minimum atomic E-state index is -0.369.